The van der Waals surface area contributed by atoms with E-state index in [9.17, 15) is 8.42 Å². The number of hydrogen-bond donors (Lipinski definition) is 0. The summed E-state index contributed by atoms with van der Waals surface area (Å²) in [6.07, 6.45) is 3.74. The van der Waals surface area contributed by atoms with Crippen molar-refractivity contribution >= 4 is 20.0 Å². The second kappa shape index (κ2) is 2.86. The van der Waals surface area contributed by atoms with Crippen LogP contribution in [0, 0.1) is 11.3 Å². The minimum atomic E-state index is -3.85. The van der Waals surface area contributed by atoms with Crippen molar-refractivity contribution in [1.29, 1.82) is 0 Å². The lowest BCUT2D eigenvalue weighted by Gasteiger charge is -2.35. The van der Waals surface area contributed by atoms with Crippen molar-refractivity contribution in [2.45, 2.75) is 45.1 Å². The molecular weight excluding hydrogens is 224 g/mol. The number of halogens is 1. The highest BCUT2D eigenvalue weighted by molar-refractivity contribution is 8.10. The Kier molecular flexibility index (Phi) is 2.19. The Hall–Kier alpha value is 0.200. The molecule has 3 nitrogen and oxygen atoms in total. The molecule has 0 spiro atoms. The summed E-state index contributed by atoms with van der Waals surface area (Å²) in [6.45, 7) is 4.17. The quantitative estimate of drug-likeness (QED) is 0.694. The van der Waals surface area contributed by atoms with Gasteiger partial charge in [0.15, 0.2) is 0 Å². The van der Waals surface area contributed by atoms with Crippen LogP contribution in [0.5, 0.6) is 0 Å². The van der Waals surface area contributed by atoms with E-state index in [0.29, 0.717) is 5.92 Å². The molecule has 0 aromatic rings. The van der Waals surface area contributed by atoms with Gasteiger partial charge in [0.25, 0.3) is 0 Å². The van der Waals surface area contributed by atoms with Gasteiger partial charge < -0.3 is 0 Å². The van der Waals surface area contributed by atoms with Gasteiger partial charge in [-0.1, -0.05) is 13.8 Å². The number of hydrogen-bond acceptors (Lipinski definition) is 3. The van der Waals surface area contributed by atoms with Crippen LogP contribution in [0.15, 0.2) is 0 Å². The van der Waals surface area contributed by atoms with E-state index in [2.05, 4.69) is 13.8 Å². The van der Waals surface area contributed by atoms with Gasteiger partial charge in [0.1, 0.15) is 0 Å². The lowest BCUT2D eigenvalue weighted by molar-refractivity contribution is 0.00536. The average molecular weight is 239 g/mol. The SMILES string of the molecule is CC1(C)C2CCC1(OS(=O)(=O)Cl)CC2. The normalized spacial score (nSPS) is 40.4. The van der Waals surface area contributed by atoms with E-state index in [1.165, 1.54) is 0 Å². The fourth-order valence-corrected chi connectivity index (χ4v) is 4.33. The minimum absolute atomic E-state index is 0.0606. The van der Waals surface area contributed by atoms with Crippen molar-refractivity contribution in [3.05, 3.63) is 0 Å². The Morgan fingerprint density at radius 2 is 1.79 bits per heavy atom. The highest BCUT2D eigenvalue weighted by atomic mass is 35.7. The smallest absolute Gasteiger partial charge is 0.251 e. The third-order valence-corrected chi connectivity index (χ3v) is 4.95. The predicted molar refractivity (Wildman–Crippen MR) is 54.3 cm³/mol. The van der Waals surface area contributed by atoms with Crippen LogP contribution in [0.25, 0.3) is 0 Å². The molecule has 0 radical (unpaired) electrons. The van der Waals surface area contributed by atoms with Crippen LogP contribution in [-0.2, 0) is 13.5 Å². The first-order chi connectivity index (χ1) is 6.27. The standard InChI is InChI=1S/C9H15ClO3S/c1-8(2)7-3-5-9(8,6-4-7)13-14(10,11)12/h7H,3-6H2,1-2H3. The molecule has 0 heterocycles. The van der Waals surface area contributed by atoms with Gasteiger partial charge in [0, 0.05) is 10.7 Å². The highest BCUT2D eigenvalue weighted by Crippen LogP contribution is 2.62. The first-order valence-corrected chi connectivity index (χ1v) is 7.16. The molecule has 82 valence electrons. The van der Waals surface area contributed by atoms with Gasteiger partial charge in [-0.25, -0.2) is 0 Å². The molecule has 2 saturated carbocycles. The summed E-state index contributed by atoms with van der Waals surface area (Å²) in [5, 5.41) is 0. The fraction of sp³-hybridized carbons (Fsp3) is 1.00. The van der Waals surface area contributed by atoms with Gasteiger partial charge >= 0.3 is 9.33 Å². The lowest BCUT2D eigenvalue weighted by Crippen LogP contribution is -2.40. The molecule has 2 rings (SSSR count). The van der Waals surface area contributed by atoms with E-state index in [1.54, 1.807) is 0 Å². The summed E-state index contributed by atoms with van der Waals surface area (Å²) >= 11 is 0. The molecule has 0 aromatic heterocycles. The zero-order chi connectivity index (χ0) is 10.6. The third-order valence-electron chi connectivity index (χ3n) is 4.25. The zero-order valence-corrected chi connectivity index (χ0v) is 9.99. The van der Waals surface area contributed by atoms with E-state index >= 15 is 0 Å². The average Bonchev–Trinajstić information content (AvgIpc) is 2.34. The van der Waals surface area contributed by atoms with Crippen molar-refractivity contribution in [2.24, 2.45) is 11.3 Å². The molecule has 0 aromatic carbocycles. The van der Waals surface area contributed by atoms with Crippen LogP contribution < -0.4 is 0 Å². The van der Waals surface area contributed by atoms with E-state index in [4.69, 9.17) is 14.9 Å². The van der Waals surface area contributed by atoms with E-state index in [0.717, 1.165) is 25.7 Å². The monoisotopic (exact) mass is 238 g/mol. The van der Waals surface area contributed by atoms with E-state index in [-0.39, 0.29) is 5.41 Å². The van der Waals surface area contributed by atoms with Gasteiger partial charge in [0.2, 0.25) is 0 Å². The maximum absolute atomic E-state index is 11.0. The molecule has 14 heavy (non-hydrogen) atoms. The Bertz CT molecular complexity index is 339. The first-order valence-electron chi connectivity index (χ1n) is 4.92. The van der Waals surface area contributed by atoms with Gasteiger partial charge in [-0.05, 0) is 37.0 Å². The summed E-state index contributed by atoms with van der Waals surface area (Å²) in [5.41, 5.74) is -0.590. The highest BCUT2D eigenvalue weighted by Gasteiger charge is 2.61. The Balaban J connectivity index is 2.32. The summed E-state index contributed by atoms with van der Waals surface area (Å²) in [4.78, 5) is 0. The van der Waals surface area contributed by atoms with Gasteiger partial charge in [-0.3, -0.25) is 4.18 Å². The molecule has 0 atom stereocenters. The van der Waals surface area contributed by atoms with Crippen molar-refractivity contribution in [1.82, 2.24) is 0 Å². The van der Waals surface area contributed by atoms with Crippen LogP contribution in [-0.4, -0.2) is 14.0 Å². The van der Waals surface area contributed by atoms with Gasteiger partial charge in [0.05, 0.1) is 5.60 Å². The molecular formula is C9H15ClO3S. The fourth-order valence-electron chi connectivity index (χ4n) is 3.20. The predicted octanol–water partition coefficient (Wildman–Crippen LogP) is 2.46. The maximum Gasteiger partial charge on any atom is 0.356 e. The molecule has 5 heteroatoms. The van der Waals surface area contributed by atoms with Crippen molar-refractivity contribution < 1.29 is 12.6 Å². The third kappa shape index (κ3) is 1.39. The van der Waals surface area contributed by atoms with Crippen molar-refractivity contribution in [3.63, 3.8) is 0 Å². The van der Waals surface area contributed by atoms with Crippen LogP contribution >= 0.6 is 10.7 Å². The summed E-state index contributed by atoms with van der Waals surface area (Å²) in [7, 11) is 1.33. The van der Waals surface area contributed by atoms with E-state index in [1.807, 2.05) is 0 Å². The first kappa shape index (κ1) is 10.7. The summed E-state index contributed by atoms with van der Waals surface area (Å²) in [6, 6.07) is 0. The summed E-state index contributed by atoms with van der Waals surface area (Å²) < 4.78 is 27.1. The number of fused-ring (bicyclic) bond motifs is 2. The molecule has 2 aliphatic carbocycles. The molecule has 0 saturated heterocycles. The molecule has 0 N–H and O–H groups in total. The molecule has 0 aliphatic heterocycles. The minimum Gasteiger partial charge on any atom is -0.251 e. The van der Waals surface area contributed by atoms with Crippen LogP contribution in [0.4, 0.5) is 0 Å². The topological polar surface area (TPSA) is 43.4 Å². The van der Waals surface area contributed by atoms with Crippen LogP contribution in [0.2, 0.25) is 0 Å². The number of rotatable bonds is 2. The Morgan fingerprint density at radius 3 is 2.07 bits per heavy atom. The Morgan fingerprint density at radius 1 is 1.29 bits per heavy atom. The summed E-state index contributed by atoms with van der Waals surface area (Å²) in [5.74, 6) is 0.584. The van der Waals surface area contributed by atoms with Crippen molar-refractivity contribution in [2.75, 3.05) is 0 Å². The molecule has 0 amide bonds. The lowest BCUT2D eigenvalue weighted by atomic mass is 9.79. The zero-order valence-electron chi connectivity index (χ0n) is 8.42. The second-order valence-corrected chi connectivity index (χ2v) is 7.05. The maximum atomic E-state index is 11.0. The van der Waals surface area contributed by atoms with Crippen LogP contribution in [0.3, 0.4) is 0 Å². The molecule has 2 aliphatic rings. The van der Waals surface area contributed by atoms with E-state index < -0.39 is 14.9 Å². The molecule has 2 fully saturated rings. The Labute approximate surface area is 89.4 Å². The largest absolute Gasteiger partial charge is 0.356 e. The second-order valence-electron chi connectivity index (χ2n) is 4.97. The molecule has 0 unspecified atom stereocenters. The van der Waals surface area contributed by atoms with Crippen LogP contribution in [0.1, 0.15) is 39.5 Å². The van der Waals surface area contributed by atoms with Gasteiger partial charge in [-0.2, -0.15) is 8.42 Å². The van der Waals surface area contributed by atoms with Crippen molar-refractivity contribution in [3.8, 4) is 0 Å². The van der Waals surface area contributed by atoms with Gasteiger partial charge in [-0.15, -0.1) is 0 Å². The molecule has 2 bridgehead atoms.